The predicted octanol–water partition coefficient (Wildman–Crippen LogP) is 12.0. The molecule has 4 nitrogen and oxygen atoms in total. The topological polar surface area (TPSA) is 40.6 Å². The Kier molecular flexibility index (Phi) is 26.1. The Hall–Kier alpha value is -1.84. The molecule has 0 bridgehead atoms. The first kappa shape index (κ1) is 40.2. The molecule has 0 radical (unpaired) electrons. The summed E-state index contributed by atoms with van der Waals surface area (Å²) in [5.41, 5.74) is 1.35. The van der Waals surface area contributed by atoms with E-state index in [-0.39, 0.29) is 11.8 Å². The molecule has 0 aromatic heterocycles. The monoisotopic (exact) mass is 613 g/mol. The van der Waals surface area contributed by atoms with Crippen LogP contribution in [0.4, 0.5) is 0 Å². The number of amides is 2. The molecule has 254 valence electrons. The van der Waals surface area contributed by atoms with Gasteiger partial charge in [-0.15, -0.1) is 0 Å². The normalized spacial score (nSPS) is 11.2. The predicted molar refractivity (Wildman–Crippen MR) is 192 cm³/mol. The van der Waals surface area contributed by atoms with Gasteiger partial charge in [0.2, 0.25) is 0 Å². The van der Waals surface area contributed by atoms with E-state index in [4.69, 9.17) is 0 Å². The summed E-state index contributed by atoms with van der Waals surface area (Å²) >= 11 is 0. The summed E-state index contributed by atoms with van der Waals surface area (Å²) in [5, 5.41) is 0. The highest BCUT2D eigenvalue weighted by atomic mass is 16.2. The van der Waals surface area contributed by atoms with Crippen LogP contribution in [-0.4, -0.2) is 47.8 Å². The molecule has 0 fully saturated rings. The lowest BCUT2D eigenvalue weighted by Gasteiger charge is -2.25. The van der Waals surface area contributed by atoms with Gasteiger partial charge in [0.1, 0.15) is 0 Å². The third kappa shape index (κ3) is 19.5. The lowest BCUT2D eigenvalue weighted by Crippen LogP contribution is -2.34. The van der Waals surface area contributed by atoms with Crippen molar-refractivity contribution in [3.8, 4) is 0 Å². The fourth-order valence-corrected chi connectivity index (χ4v) is 6.11. The fourth-order valence-electron chi connectivity index (χ4n) is 6.11. The van der Waals surface area contributed by atoms with Crippen LogP contribution in [0.3, 0.4) is 0 Å². The van der Waals surface area contributed by atoms with Crippen molar-refractivity contribution in [3.05, 3.63) is 35.4 Å². The van der Waals surface area contributed by atoms with Crippen LogP contribution in [0.15, 0.2) is 24.3 Å². The van der Waals surface area contributed by atoms with Crippen LogP contribution < -0.4 is 0 Å². The second kappa shape index (κ2) is 28.6. The average molecular weight is 613 g/mol. The number of rotatable bonds is 30. The molecule has 0 aliphatic carbocycles. The third-order valence-corrected chi connectivity index (χ3v) is 9.06. The van der Waals surface area contributed by atoms with Crippen molar-refractivity contribution in [3.63, 3.8) is 0 Å². The SMILES string of the molecule is CCCCCCCCN(CCCCCCCC)C(=O)c1cccc(C(=O)N(CCCCCCCC)CCCCCCCC)c1. The lowest BCUT2D eigenvalue weighted by atomic mass is 10.1. The maximum atomic E-state index is 13.8. The van der Waals surface area contributed by atoms with Gasteiger partial charge in [0, 0.05) is 37.3 Å². The van der Waals surface area contributed by atoms with E-state index >= 15 is 0 Å². The Labute approximate surface area is 274 Å². The first-order valence-electron chi connectivity index (χ1n) is 19.3. The van der Waals surface area contributed by atoms with Crippen molar-refractivity contribution in [2.24, 2.45) is 0 Å². The van der Waals surface area contributed by atoms with Gasteiger partial charge in [-0.05, 0) is 43.9 Å². The number of benzene rings is 1. The second-order valence-electron chi connectivity index (χ2n) is 13.2. The van der Waals surface area contributed by atoms with Gasteiger partial charge in [0.05, 0.1) is 0 Å². The Morgan fingerprint density at radius 3 is 0.932 bits per heavy atom. The Bertz CT molecular complexity index is 728. The van der Waals surface area contributed by atoms with Crippen molar-refractivity contribution in [1.82, 2.24) is 9.80 Å². The number of hydrogen-bond donors (Lipinski definition) is 0. The van der Waals surface area contributed by atoms with Gasteiger partial charge in [0.25, 0.3) is 11.8 Å². The molecule has 0 aliphatic heterocycles. The third-order valence-electron chi connectivity index (χ3n) is 9.06. The van der Waals surface area contributed by atoms with Crippen LogP contribution in [0.25, 0.3) is 0 Å². The lowest BCUT2D eigenvalue weighted by molar-refractivity contribution is 0.0747. The molecule has 1 aromatic rings. The summed E-state index contributed by atoms with van der Waals surface area (Å²) in [6.45, 7) is 12.3. The molecular weight excluding hydrogens is 540 g/mol. The molecule has 0 saturated carbocycles. The average Bonchev–Trinajstić information content (AvgIpc) is 3.04. The van der Waals surface area contributed by atoms with E-state index in [1.54, 1.807) is 0 Å². The van der Waals surface area contributed by atoms with Crippen LogP contribution in [0.5, 0.6) is 0 Å². The molecule has 0 heterocycles. The van der Waals surface area contributed by atoms with Crippen LogP contribution in [0.1, 0.15) is 203 Å². The maximum Gasteiger partial charge on any atom is 0.253 e. The molecule has 0 N–H and O–H groups in total. The number of nitrogens with zero attached hydrogens (tertiary/aromatic N) is 2. The van der Waals surface area contributed by atoms with Crippen molar-refractivity contribution in [1.29, 1.82) is 0 Å². The van der Waals surface area contributed by atoms with Crippen LogP contribution in [-0.2, 0) is 0 Å². The molecule has 0 atom stereocenters. The first-order valence-corrected chi connectivity index (χ1v) is 19.3. The Morgan fingerprint density at radius 1 is 0.409 bits per heavy atom. The zero-order chi connectivity index (χ0) is 32.1. The van der Waals surface area contributed by atoms with E-state index in [0.29, 0.717) is 11.1 Å². The summed E-state index contributed by atoms with van der Waals surface area (Å²) < 4.78 is 0. The number of unbranched alkanes of at least 4 members (excludes halogenated alkanes) is 20. The van der Waals surface area contributed by atoms with E-state index in [1.807, 2.05) is 24.3 Å². The van der Waals surface area contributed by atoms with Crippen molar-refractivity contribution < 1.29 is 9.59 Å². The van der Waals surface area contributed by atoms with Crippen molar-refractivity contribution >= 4 is 11.8 Å². The smallest absolute Gasteiger partial charge is 0.253 e. The van der Waals surface area contributed by atoms with Gasteiger partial charge in [-0.25, -0.2) is 0 Å². The fraction of sp³-hybridized carbons (Fsp3) is 0.800. The van der Waals surface area contributed by atoms with Gasteiger partial charge in [-0.3, -0.25) is 9.59 Å². The summed E-state index contributed by atoms with van der Waals surface area (Å²) in [6, 6.07) is 7.64. The van der Waals surface area contributed by atoms with Gasteiger partial charge < -0.3 is 9.80 Å². The molecule has 0 spiro atoms. The minimum Gasteiger partial charge on any atom is -0.339 e. The molecule has 44 heavy (non-hydrogen) atoms. The minimum atomic E-state index is 0.0974. The summed E-state index contributed by atoms with van der Waals surface area (Å²) in [7, 11) is 0. The molecule has 0 saturated heterocycles. The largest absolute Gasteiger partial charge is 0.339 e. The molecule has 2 amide bonds. The highest BCUT2D eigenvalue weighted by Crippen LogP contribution is 2.17. The quantitative estimate of drug-likeness (QED) is 0.0811. The number of hydrogen-bond acceptors (Lipinski definition) is 2. The highest BCUT2D eigenvalue weighted by molar-refractivity contribution is 5.99. The minimum absolute atomic E-state index is 0.0974. The van der Waals surface area contributed by atoms with Gasteiger partial charge in [0.15, 0.2) is 0 Å². The molecular formula is C40H72N2O2. The molecule has 0 unspecified atom stereocenters. The van der Waals surface area contributed by atoms with E-state index in [1.165, 1.54) is 128 Å². The zero-order valence-corrected chi connectivity index (χ0v) is 29.8. The van der Waals surface area contributed by atoms with Gasteiger partial charge in [-0.1, -0.05) is 162 Å². The van der Waals surface area contributed by atoms with Crippen LogP contribution in [0, 0.1) is 0 Å². The first-order chi connectivity index (χ1) is 21.6. The molecule has 4 heteroatoms. The van der Waals surface area contributed by atoms with Gasteiger partial charge >= 0.3 is 0 Å². The van der Waals surface area contributed by atoms with Gasteiger partial charge in [-0.2, -0.15) is 0 Å². The van der Waals surface area contributed by atoms with Crippen LogP contribution in [0.2, 0.25) is 0 Å². The molecule has 1 aromatic carbocycles. The van der Waals surface area contributed by atoms with E-state index < -0.39 is 0 Å². The standard InChI is InChI=1S/C40H72N2O2/c1-5-9-13-17-21-25-32-41(33-26-22-18-14-10-6-2)39(43)37-30-29-31-38(36-37)40(44)42(34-27-23-19-15-11-7-3)35-28-24-20-16-12-8-4/h29-31,36H,5-28,32-35H2,1-4H3. The number of carbonyl (C=O) groups excluding carboxylic acids is 2. The van der Waals surface area contributed by atoms with E-state index in [9.17, 15) is 9.59 Å². The number of carbonyl (C=O) groups is 2. The summed E-state index contributed by atoms with van der Waals surface area (Å²) in [5.74, 6) is 0.195. The van der Waals surface area contributed by atoms with Crippen LogP contribution >= 0.6 is 0 Å². The Morgan fingerprint density at radius 2 is 0.659 bits per heavy atom. The van der Waals surface area contributed by atoms with E-state index in [2.05, 4.69) is 37.5 Å². The maximum absolute atomic E-state index is 13.8. The van der Waals surface area contributed by atoms with E-state index in [0.717, 1.165) is 51.9 Å². The summed E-state index contributed by atoms with van der Waals surface area (Å²) in [6.07, 6.45) is 29.4. The second-order valence-corrected chi connectivity index (χ2v) is 13.2. The van der Waals surface area contributed by atoms with Crippen molar-refractivity contribution in [2.45, 2.75) is 182 Å². The Balaban J connectivity index is 2.89. The highest BCUT2D eigenvalue weighted by Gasteiger charge is 2.20. The van der Waals surface area contributed by atoms with Crippen molar-refractivity contribution in [2.75, 3.05) is 26.2 Å². The molecule has 1 rings (SSSR count). The molecule has 0 aliphatic rings. The zero-order valence-electron chi connectivity index (χ0n) is 29.8. The summed E-state index contributed by atoms with van der Waals surface area (Å²) in [4.78, 5) is 31.8.